The highest BCUT2D eigenvalue weighted by molar-refractivity contribution is 14.1. The van der Waals surface area contributed by atoms with Crippen molar-refractivity contribution in [2.75, 3.05) is 79.4 Å². The molecule has 5 aliphatic heterocycles. The average Bonchev–Trinajstić information content (AvgIpc) is 1.28. The maximum absolute atomic E-state index is 14.6. The van der Waals surface area contributed by atoms with Gasteiger partial charge in [0, 0.05) is 112 Å². The molecule has 2 aliphatic carbocycles. The molecule has 9 rings (SSSR count). The molecule has 17 unspecified atom stereocenters. The third-order valence-corrected chi connectivity index (χ3v) is 29.0. The zero-order chi connectivity index (χ0) is 100. The summed E-state index contributed by atoms with van der Waals surface area (Å²) in [6.45, 7) is 15.2. The van der Waals surface area contributed by atoms with Crippen LogP contribution in [0.3, 0.4) is 0 Å². The molecular formula is C91H124IN11O31S3. The van der Waals surface area contributed by atoms with Crippen LogP contribution in [0.25, 0.3) is 0 Å². The molecule has 0 aromatic heterocycles. The predicted octanol–water partition coefficient (Wildman–Crippen LogP) is 3.54. The van der Waals surface area contributed by atoms with Gasteiger partial charge in [0.25, 0.3) is 11.8 Å². The van der Waals surface area contributed by atoms with Crippen LogP contribution in [0.1, 0.15) is 148 Å². The number of methoxy groups -OCH3 is 5. The first-order valence-electron chi connectivity index (χ1n) is 44.6. The minimum Gasteiger partial charge on any atom is -0.492 e. The Bertz CT molecular complexity index is 4860. The highest BCUT2D eigenvalue weighted by atomic mass is 127. The zero-order valence-electron chi connectivity index (χ0n) is 78.5. The second kappa shape index (κ2) is 52.8. The molecule has 7 aliphatic rings. The third kappa shape index (κ3) is 31.1. The van der Waals surface area contributed by atoms with Crippen LogP contribution in [0.15, 0.2) is 71.5 Å². The van der Waals surface area contributed by atoms with Crippen LogP contribution in [0.5, 0.6) is 17.2 Å². The zero-order valence-corrected chi connectivity index (χ0v) is 83.1. The summed E-state index contributed by atoms with van der Waals surface area (Å²) < 4.78 is 77.7. The van der Waals surface area contributed by atoms with Crippen molar-refractivity contribution in [1.29, 1.82) is 0 Å². The number of imide groups is 1. The van der Waals surface area contributed by atoms with Gasteiger partial charge in [-0.05, 0) is 138 Å². The lowest BCUT2D eigenvalue weighted by atomic mass is 9.75. The Morgan fingerprint density at radius 1 is 0.745 bits per heavy atom. The minimum atomic E-state index is -2.26. The molecule has 2 bridgehead atoms. The first-order valence-corrected chi connectivity index (χ1v) is 48.9. The Morgan fingerprint density at radius 3 is 2.11 bits per heavy atom. The van der Waals surface area contributed by atoms with Crippen LogP contribution in [-0.4, -0.2) is 307 Å². The summed E-state index contributed by atoms with van der Waals surface area (Å²) in [5.74, 6) is 7.31. The largest absolute Gasteiger partial charge is 0.492 e. The number of alkyl carbamates (subject to hydrolysis) is 2. The van der Waals surface area contributed by atoms with E-state index in [2.05, 4.69) is 71.7 Å². The fraction of sp³-hybridized carbons (Fsp3) is 0.604. The molecule has 2 aromatic carbocycles. The summed E-state index contributed by atoms with van der Waals surface area (Å²) in [5, 5.41) is 79.2. The number of carbonyl (C=O) groups excluding carboxylic acids is 12. The maximum Gasteiger partial charge on any atom is 0.411 e. The van der Waals surface area contributed by atoms with E-state index < -0.39 is 185 Å². The second-order valence-electron chi connectivity index (χ2n) is 34.1. The van der Waals surface area contributed by atoms with E-state index in [1.54, 1.807) is 71.9 Å². The monoisotopic (exact) mass is 2090 g/mol. The number of ketones is 1. The van der Waals surface area contributed by atoms with Gasteiger partial charge in [0.05, 0.1) is 97.0 Å². The number of ether oxygens (including phenoxy) is 13. The van der Waals surface area contributed by atoms with Crippen molar-refractivity contribution in [3.8, 4) is 40.9 Å². The van der Waals surface area contributed by atoms with Crippen LogP contribution in [0.2, 0.25) is 0 Å². The van der Waals surface area contributed by atoms with Crippen LogP contribution in [-0.2, 0) is 97.2 Å². The lowest BCUT2D eigenvalue weighted by Gasteiger charge is -2.46. The van der Waals surface area contributed by atoms with E-state index in [-0.39, 0.29) is 153 Å². The fourth-order valence-electron chi connectivity index (χ4n) is 15.8. The molecule has 4 saturated heterocycles. The number of primary amides is 1. The number of hydroxylamine groups is 1. The van der Waals surface area contributed by atoms with Gasteiger partial charge in [-0.25, -0.2) is 14.4 Å². The molecule has 0 radical (unpaired) electrons. The molecule has 16 N–H and O–H groups in total. The van der Waals surface area contributed by atoms with Gasteiger partial charge in [0.15, 0.2) is 41.8 Å². The van der Waals surface area contributed by atoms with Gasteiger partial charge >= 0.3 is 18.2 Å². The van der Waals surface area contributed by atoms with Crippen LogP contribution in [0.4, 0.5) is 20.1 Å². The third-order valence-electron chi connectivity index (χ3n) is 23.2. The van der Waals surface area contributed by atoms with E-state index in [0.717, 1.165) is 23.8 Å². The molecule has 21 atom stereocenters. The number of hydrogen-bond acceptors (Lipinski definition) is 35. The SMILES string of the molecule is COC(=O)NC1=C2/C(=C\CSSC(C)(C)CCC(=O)NCCNC(=O)OCc3ccc(NC(=O)[C@H](CCCNC(N)=O)NC(=O)[C@@H](NC(=O)CCCCCN4C(=O)C=CC4=O)C(C)C)cc3)[C@](O)(C#C/C=C\C#C[C@@H]2OC2OC(C)C(NOC3CC(O)C(SC(=O)c4c(C)c(I)c(OC5OC(C)C(O)C(OC)C5O)c(OC)c4OC)C(C)O3)C(O)C2OC2CC(OC)C(NC(C)=O)CO2)CC1=O. The molecule has 5 heterocycles. The number of carbonyl (C=O) groups is 12. The number of benzene rings is 2. The van der Waals surface area contributed by atoms with Crippen molar-refractivity contribution in [2.24, 2.45) is 11.7 Å². The first-order chi connectivity index (χ1) is 65.1. The van der Waals surface area contributed by atoms with Crippen molar-refractivity contribution >= 4 is 132 Å². The Kier molecular flexibility index (Phi) is 43.0. The number of Topliss-reactive ketones (excluding diaryl/α,β-unsaturated/α-hetero) is 1. The van der Waals surface area contributed by atoms with Gasteiger partial charge in [-0.2, -0.15) is 5.48 Å². The molecule has 42 nitrogen and oxygen atoms in total. The molecule has 0 saturated carbocycles. The van der Waals surface area contributed by atoms with Gasteiger partial charge < -0.3 is 130 Å². The molecule has 11 amide bonds. The normalized spacial score (nSPS) is 27.4. The second-order valence-corrected chi connectivity index (χ2v) is 39.4. The van der Waals surface area contributed by atoms with Crippen LogP contribution in [0, 0.1) is 40.1 Å². The topological polar surface area (TPSA) is 573 Å². The summed E-state index contributed by atoms with van der Waals surface area (Å²) in [5.41, 5.74) is 6.64. The number of amides is 11. The maximum atomic E-state index is 14.6. The standard InChI is InChI=1S/C91H124IN11O31S3/c1-46(2)70(100-62(108)25-19-17-21-39-103-63(109)30-31-64(103)110)83(115)99-55(23-22-36-95-87(93)117)82(114)98-53-28-26-52(27-29-53)44-127-88(118)96-38-37-94-61(107)32-35-90(8,9)137-135-40-33-54-68-59(24-18-15-16-20-34-91(54,120)43-58(106)72(68)101-89(119)125-14)131-86-79(132-65-42-60(121-10)56(45-126-65)97-51(7)104)74(112)71(48(4)129-86)102-134-66-41-57(105)81(50(6)128-66)136-84(116)67-47(3)69(92)77(80(124-13)76(67)122-11)133-85-75(113)78(123-12)73(111)49(5)130-85/h15-16,26-31,33,46,48-50,55-57,59-60,65-66,70-71,73-75,78-79,81,85-86,102,105,111-113,120H,17,19,21-23,25,32,35-45H2,1-14H3,(H,94,107)(H,96,118)(H,97,104)(H,98,114)(H,99,115)(H,100,108)(H,101,119)(H3,93,95,117)/b16-15-,54-33+/t48?,49?,50?,55-,56?,57?,59-,60?,65?,66?,70-,71?,73?,74?,75?,78?,79?,81?,85?,86?,91-/m0/s1. The summed E-state index contributed by atoms with van der Waals surface area (Å²) in [7, 11) is 9.24. The van der Waals surface area contributed by atoms with Crippen molar-refractivity contribution in [2.45, 2.75) is 272 Å². The van der Waals surface area contributed by atoms with Crippen LogP contribution < -0.4 is 68.0 Å². The van der Waals surface area contributed by atoms with Crippen molar-refractivity contribution in [3.63, 3.8) is 0 Å². The van der Waals surface area contributed by atoms with Gasteiger partial charge in [0.2, 0.25) is 46.7 Å². The number of nitrogens with zero attached hydrogens (tertiary/aromatic N) is 1. The highest BCUT2D eigenvalue weighted by Gasteiger charge is 2.53. The molecule has 2 aromatic rings. The van der Waals surface area contributed by atoms with Crippen molar-refractivity contribution in [1.82, 2.24) is 47.6 Å². The number of urea groups is 1. The average molecular weight is 2090 g/mol. The Hall–Kier alpha value is -9.26. The lowest BCUT2D eigenvalue weighted by molar-refractivity contribution is -0.336. The number of aliphatic hydroxyl groups is 5. The molecular weight excluding hydrogens is 1970 g/mol. The molecule has 137 heavy (non-hydrogen) atoms. The Labute approximate surface area is 819 Å². The Morgan fingerprint density at radius 2 is 1.45 bits per heavy atom. The fourth-order valence-corrected chi connectivity index (χ4v) is 20.0. The quantitative estimate of drug-likeness (QED) is 0.0113. The molecule has 0 spiro atoms. The van der Waals surface area contributed by atoms with E-state index in [1.165, 1.54) is 81.3 Å². The number of hydrogen-bond donors (Lipinski definition) is 15. The number of fused-ring (bicyclic) bond motifs is 2. The molecule has 4 fully saturated rings. The molecule has 46 heteroatoms. The van der Waals surface area contributed by atoms with E-state index in [0.29, 0.717) is 46.1 Å². The van der Waals surface area contributed by atoms with E-state index in [4.69, 9.17) is 72.2 Å². The summed E-state index contributed by atoms with van der Waals surface area (Å²) >= 11 is 2.75. The summed E-state index contributed by atoms with van der Waals surface area (Å²) in [4.78, 5) is 164. The number of nitrogens with two attached hydrogens (primary N) is 1. The lowest BCUT2D eigenvalue weighted by Crippen LogP contribution is -2.65. The molecule has 754 valence electrons. The summed E-state index contributed by atoms with van der Waals surface area (Å²) in [6.07, 6.45) is -12.6. The summed E-state index contributed by atoms with van der Waals surface area (Å²) in [6, 6.07) is 1.58. The van der Waals surface area contributed by atoms with Gasteiger partial charge in [-0.3, -0.25) is 58.2 Å². The smallest absolute Gasteiger partial charge is 0.411 e. The number of halogens is 1. The van der Waals surface area contributed by atoms with Crippen LogP contribution >= 0.6 is 55.9 Å². The number of rotatable bonds is 45. The number of anilines is 1. The van der Waals surface area contributed by atoms with Gasteiger partial charge in [0.1, 0.15) is 55.3 Å². The number of thioether (sulfide) groups is 1. The van der Waals surface area contributed by atoms with Gasteiger partial charge in [-0.15, -0.1) is 0 Å². The van der Waals surface area contributed by atoms with Crippen molar-refractivity contribution < 1.29 is 149 Å². The van der Waals surface area contributed by atoms with Gasteiger partial charge in [-0.1, -0.05) is 95.5 Å². The number of aliphatic hydroxyl groups excluding tert-OH is 4. The van der Waals surface area contributed by atoms with E-state index in [9.17, 15) is 83.1 Å². The van der Waals surface area contributed by atoms with Crippen molar-refractivity contribution in [3.05, 3.63) is 91.7 Å². The predicted molar refractivity (Wildman–Crippen MR) is 506 cm³/mol. The van der Waals surface area contributed by atoms with E-state index in [1.807, 2.05) is 36.4 Å². The number of nitrogens with one attached hydrogen (secondary N) is 9. The highest BCUT2D eigenvalue weighted by Crippen LogP contribution is 2.50. The Balaban J connectivity index is 0.798. The first kappa shape index (κ1) is 111. The minimum absolute atomic E-state index is 0.00238. The number of allylic oxidation sites excluding steroid dienone is 3. The number of unbranched alkanes of at least 4 members (excludes halogenated alkanes) is 2. The van der Waals surface area contributed by atoms with E-state index >= 15 is 0 Å².